The molecule has 0 aromatic rings. The average Bonchev–Trinajstić information content (AvgIpc) is 2.15. The van der Waals surface area contributed by atoms with Crippen molar-refractivity contribution in [3.8, 4) is 0 Å². The number of hydrogen-bond donors (Lipinski definition) is 2. The smallest absolute Gasteiger partial charge is 0.303 e. The minimum Gasteiger partial charge on any atom is -0.481 e. The number of hydrogen-bond acceptors (Lipinski definition) is 2. The zero-order valence-electron chi connectivity index (χ0n) is 9.74. The Morgan fingerprint density at radius 2 is 1.67 bits per heavy atom. The Bertz CT molecular complexity index is 160. The summed E-state index contributed by atoms with van der Waals surface area (Å²) in [5.41, 5.74) is 0. The minimum absolute atomic E-state index is 0.319. The molecule has 0 amide bonds. The lowest BCUT2D eigenvalue weighted by Crippen LogP contribution is -2.03. The van der Waals surface area contributed by atoms with E-state index >= 15 is 0 Å². The van der Waals surface area contributed by atoms with Crippen molar-refractivity contribution in [2.45, 2.75) is 58.3 Å². The van der Waals surface area contributed by atoms with E-state index in [0.717, 1.165) is 12.2 Å². The van der Waals surface area contributed by atoms with Gasteiger partial charge in [0, 0.05) is 6.42 Å². The zero-order chi connectivity index (χ0) is 11.5. The molecule has 90 valence electrons. The van der Waals surface area contributed by atoms with Gasteiger partial charge in [-0.05, 0) is 18.1 Å². The Labute approximate surface area is 98.9 Å². The van der Waals surface area contributed by atoms with Crippen LogP contribution in [0.5, 0.6) is 0 Å². The van der Waals surface area contributed by atoms with Gasteiger partial charge in [0.15, 0.2) is 0 Å². The maximum Gasteiger partial charge on any atom is 0.303 e. The summed E-state index contributed by atoms with van der Waals surface area (Å²) < 4.78 is 0. The SMILES string of the molecule is CC(CCCCCCCCS)CC(=O)O. The molecule has 15 heavy (non-hydrogen) atoms. The van der Waals surface area contributed by atoms with E-state index in [4.69, 9.17) is 5.11 Å². The standard InChI is InChI=1S/C12H24O2S/c1-11(10-12(13)14)8-6-4-2-3-5-7-9-15/h11,15H,2-10H2,1H3,(H,13,14). The van der Waals surface area contributed by atoms with E-state index in [2.05, 4.69) is 12.6 Å². The maximum absolute atomic E-state index is 10.4. The molecule has 0 aromatic heterocycles. The Morgan fingerprint density at radius 3 is 2.20 bits per heavy atom. The first-order valence-corrected chi connectivity index (χ1v) is 6.62. The van der Waals surface area contributed by atoms with Crippen molar-refractivity contribution in [2.75, 3.05) is 5.75 Å². The number of carboxylic acids is 1. The van der Waals surface area contributed by atoms with E-state index in [1.807, 2.05) is 6.92 Å². The molecule has 0 saturated carbocycles. The fourth-order valence-corrected chi connectivity index (χ4v) is 1.94. The molecule has 0 rings (SSSR count). The third-order valence-corrected chi connectivity index (χ3v) is 2.94. The number of carboxylic acid groups (broad SMARTS) is 1. The van der Waals surface area contributed by atoms with Crippen LogP contribution in [0.25, 0.3) is 0 Å². The molecule has 0 spiro atoms. The van der Waals surface area contributed by atoms with Crippen LogP contribution in [0.2, 0.25) is 0 Å². The highest BCUT2D eigenvalue weighted by Gasteiger charge is 2.06. The summed E-state index contributed by atoms with van der Waals surface area (Å²) in [4.78, 5) is 10.4. The summed E-state index contributed by atoms with van der Waals surface area (Å²) in [6.45, 7) is 2.02. The Balaban J connectivity index is 3.13. The predicted molar refractivity (Wildman–Crippen MR) is 67.6 cm³/mol. The van der Waals surface area contributed by atoms with E-state index in [1.54, 1.807) is 0 Å². The molecule has 2 nitrogen and oxygen atoms in total. The quantitative estimate of drug-likeness (QED) is 0.444. The van der Waals surface area contributed by atoms with E-state index in [9.17, 15) is 4.79 Å². The van der Waals surface area contributed by atoms with Gasteiger partial charge in [-0.2, -0.15) is 12.6 Å². The van der Waals surface area contributed by atoms with E-state index in [-0.39, 0.29) is 0 Å². The monoisotopic (exact) mass is 232 g/mol. The molecule has 0 heterocycles. The number of aliphatic carboxylic acids is 1. The van der Waals surface area contributed by atoms with Crippen LogP contribution < -0.4 is 0 Å². The van der Waals surface area contributed by atoms with Crippen LogP contribution in [-0.2, 0) is 4.79 Å². The second kappa shape index (κ2) is 10.3. The first kappa shape index (κ1) is 14.8. The number of thiol groups is 1. The van der Waals surface area contributed by atoms with Crippen molar-refractivity contribution < 1.29 is 9.90 Å². The van der Waals surface area contributed by atoms with Gasteiger partial charge in [-0.1, -0.05) is 45.4 Å². The molecular formula is C12H24O2S. The molecule has 1 unspecified atom stereocenters. The largest absolute Gasteiger partial charge is 0.481 e. The second-order valence-corrected chi connectivity index (χ2v) is 4.78. The minimum atomic E-state index is -0.670. The molecule has 0 bridgehead atoms. The van der Waals surface area contributed by atoms with Crippen molar-refractivity contribution in [3.05, 3.63) is 0 Å². The molecule has 0 fully saturated rings. The van der Waals surface area contributed by atoms with Crippen LogP contribution in [0.3, 0.4) is 0 Å². The van der Waals surface area contributed by atoms with Gasteiger partial charge in [0.25, 0.3) is 0 Å². The molecule has 0 aliphatic carbocycles. The lowest BCUT2D eigenvalue weighted by Gasteiger charge is -2.07. The summed E-state index contributed by atoms with van der Waals surface area (Å²) in [6.07, 6.45) is 8.89. The van der Waals surface area contributed by atoms with Gasteiger partial charge in [-0.25, -0.2) is 0 Å². The third-order valence-electron chi connectivity index (χ3n) is 2.63. The molecule has 3 heteroatoms. The van der Waals surface area contributed by atoms with Crippen LogP contribution >= 0.6 is 12.6 Å². The van der Waals surface area contributed by atoms with E-state index in [1.165, 1.54) is 38.5 Å². The summed E-state index contributed by atoms with van der Waals surface area (Å²) in [5.74, 6) is 0.659. The zero-order valence-corrected chi connectivity index (χ0v) is 10.6. The third kappa shape index (κ3) is 11.7. The van der Waals surface area contributed by atoms with Crippen LogP contribution in [0.15, 0.2) is 0 Å². The van der Waals surface area contributed by atoms with Gasteiger partial charge in [0.1, 0.15) is 0 Å². The predicted octanol–water partition coefficient (Wildman–Crippen LogP) is 3.76. The molecular weight excluding hydrogens is 208 g/mol. The van der Waals surface area contributed by atoms with Gasteiger partial charge < -0.3 is 5.11 Å². The van der Waals surface area contributed by atoms with Crippen molar-refractivity contribution >= 4 is 18.6 Å². The van der Waals surface area contributed by atoms with E-state index in [0.29, 0.717) is 12.3 Å². The van der Waals surface area contributed by atoms with Gasteiger partial charge in [-0.3, -0.25) is 4.79 Å². The molecule has 1 N–H and O–H groups in total. The van der Waals surface area contributed by atoms with Gasteiger partial charge in [0.05, 0.1) is 0 Å². The van der Waals surface area contributed by atoms with Crippen molar-refractivity contribution in [2.24, 2.45) is 5.92 Å². The number of carbonyl (C=O) groups is 1. The summed E-state index contributed by atoms with van der Waals surface area (Å²) in [5, 5.41) is 8.58. The molecule has 0 radical (unpaired) electrons. The van der Waals surface area contributed by atoms with Gasteiger partial charge in [-0.15, -0.1) is 0 Å². The summed E-state index contributed by atoms with van der Waals surface area (Å²) >= 11 is 4.17. The second-order valence-electron chi connectivity index (χ2n) is 4.34. The van der Waals surface area contributed by atoms with Crippen molar-refractivity contribution in [1.82, 2.24) is 0 Å². The van der Waals surface area contributed by atoms with Gasteiger partial charge >= 0.3 is 5.97 Å². The highest BCUT2D eigenvalue weighted by atomic mass is 32.1. The van der Waals surface area contributed by atoms with Crippen molar-refractivity contribution in [1.29, 1.82) is 0 Å². The highest BCUT2D eigenvalue weighted by Crippen LogP contribution is 2.14. The van der Waals surface area contributed by atoms with Crippen LogP contribution in [0, 0.1) is 5.92 Å². The highest BCUT2D eigenvalue weighted by molar-refractivity contribution is 7.80. The topological polar surface area (TPSA) is 37.3 Å². The Hall–Kier alpha value is -0.180. The molecule has 0 saturated heterocycles. The summed E-state index contributed by atoms with van der Waals surface area (Å²) in [6, 6.07) is 0. The average molecular weight is 232 g/mol. The number of rotatable bonds is 10. The fraction of sp³-hybridized carbons (Fsp3) is 0.917. The Morgan fingerprint density at radius 1 is 1.13 bits per heavy atom. The van der Waals surface area contributed by atoms with E-state index < -0.39 is 5.97 Å². The first-order chi connectivity index (χ1) is 7.16. The van der Waals surface area contributed by atoms with Crippen molar-refractivity contribution in [3.63, 3.8) is 0 Å². The van der Waals surface area contributed by atoms with Gasteiger partial charge in [0.2, 0.25) is 0 Å². The molecule has 0 aliphatic heterocycles. The van der Waals surface area contributed by atoms with Crippen LogP contribution in [0.4, 0.5) is 0 Å². The van der Waals surface area contributed by atoms with Crippen LogP contribution in [0.1, 0.15) is 58.3 Å². The lowest BCUT2D eigenvalue weighted by molar-refractivity contribution is -0.138. The molecule has 0 aliphatic rings. The lowest BCUT2D eigenvalue weighted by atomic mass is 9.99. The Kier molecular flexibility index (Phi) is 10.2. The first-order valence-electron chi connectivity index (χ1n) is 5.99. The fourth-order valence-electron chi connectivity index (χ4n) is 1.71. The van der Waals surface area contributed by atoms with Crippen LogP contribution in [-0.4, -0.2) is 16.8 Å². The number of unbranched alkanes of at least 4 members (excludes halogenated alkanes) is 5. The maximum atomic E-state index is 10.4. The summed E-state index contributed by atoms with van der Waals surface area (Å²) in [7, 11) is 0. The normalized spacial score (nSPS) is 12.7. The molecule has 1 atom stereocenters. The molecule has 0 aromatic carbocycles.